The summed E-state index contributed by atoms with van der Waals surface area (Å²) >= 11 is 1.50. The maximum atomic E-state index is 12.7. The molecule has 27 heavy (non-hydrogen) atoms. The van der Waals surface area contributed by atoms with Crippen molar-refractivity contribution in [2.45, 2.75) is 50.7 Å². The number of benzene rings is 1. The van der Waals surface area contributed by atoms with Crippen LogP contribution in [-0.2, 0) is 17.8 Å². The highest BCUT2D eigenvalue weighted by Crippen LogP contribution is 2.25. The Morgan fingerprint density at radius 3 is 2.63 bits per heavy atom. The van der Waals surface area contributed by atoms with Crippen LogP contribution >= 0.6 is 11.8 Å². The Labute approximate surface area is 159 Å². The van der Waals surface area contributed by atoms with Crippen LogP contribution in [0.3, 0.4) is 0 Å². The Morgan fingerprint density at radius 2 is 1.89 bits per heavy atom. The van der Waals surface area contributed by atoms with E-state index in [1.54, 1.807) is 9.25 Å². The number of hydrogen-bond donors (Lipinski definition) is 0. The smallest absolute Gasteiger partial charge is 0.262 e. The molecule has 0 saturated carbocycles. The monoisotopic (exact) mass is 384 g/mol. The van der Waals surface area contributed by atoms with Crippen LogP contribution in [0.25, 0.3) is 16.7 Å². The Kier molecular flexibility index (Phi) is 4.22. The lowest BCUT2D eigenvalue weighted by Gasteiger charge is -2.19. The van der Waals surface area contributed by atoms with E-state index in [4.69, 9.17) is 0 Å². The second kappa shape index (κ2) is 6.45. The van der Waals surface area contributed by atoms with Crippen molar-refractivity contribution in [3.8, 4) is 0 Å². The maximum Gasteiger partial charge on any atom is 0.262 e. The summed E-state index contributed by atoms with van der Waals surface area (Å²) in [5.74, 6) is 1.83. The second-order valence-electron chi connectivity index (χ2n) is 7.15. The number of rotatable bonds is 4. The molecule has 4 rings (SSSR count). The highest BCUT2D eigenvalue weighted by atomic mass is 32.2. The van der Waals surface area contributed by atoms with Crippen molar-refractivity contribution >= 4 is 28.4 Å². The average molecular weight is 384 g/mol. The van der Waals surface area contributed by atoms with Gasteiger partial charge in [0.1, 0.15) is 5.82 Å². The van der Waals surface area contributed by atoms with Gasteiger partial charge in [0, 0.05) is 6.54 Å². The molecular formula is C17H20N8OS. The predicted molar refractivity (Wildman–Crippen MR) is 103 cm³/mol. The fraction of sp³-hybridized carbons (Fsp3) is 0.412. The first-order valence-corrected chi connectivity index (χ1v) is 9.67. The van der Waals surface area contributed by atoms with Gasteiger partial charge in [-0.1, -0.05) is 23.9 Å². The minimum atomic E-state index is -0.214. The number of nitrogens with zero attached hydrogens (tertiary/aromatic N) is 8. The van der Waals surface area contributed by atoms with Gasteiger partial charge >= 0.3 is 0 Å². The molecule has 0 aliphatic rings. The first-order chi connectivity index (χ1) is 12.9. The molecule has 0 spiro atoms. The van der Waals surface area contributed by atoms with E-state index in [2.05, 4.69) is 25.7 Å². The molecule has 0 aliphatic carbocycles. The van der Waals surface area contributed by atoms with Crippen LogP contribution in [0, 0.1) is 0 Å². The van der Waals surface area contributed by atoms with Gasteiger partial charge in [0.25, 0.3) is 5.56 Å². The maximum absolute atomic E-state index is 12.7. The third kappa shape index (κ3) is 2.89. The van der Waals surface area contributed by atoms with Crippen LogP contribution < -0.4 is 5.56 Å². The van der Waals surface area contributed by atoms with Crippen LogP contribution in [-0.4, -0.2) is 39.4 Å². The Balaban J connectivity index is 1.81. The molecule has 0 bridgehead atoms. The zero-order valence-electron chi connectivity index (χ0n) is 15.6. The SMILES string of the molecule is CCn1c(=O)c2ccccc2n2c(CSc3nnnn3C(C)(C)C)nnc12. The van der Waals surface area contributed by atoms with Gasteiger partial charge in [0.15, 0.2) is 0 Å². The van der Waals surface area contributed by atoms with Crippen molar-refractivity contribution in [3.63, 3.8) is 0 Å². The van der Waals surface area contributed by atoms with Gasteiger partial charge in [0.05, 0.1) is 22.2 Å². The van der Waals surface area contributed by atoms with Crippen molar-refractivity contribution in [2.24, 2.45) is 0 Å². The molecule has 0 atom stereocenters. The van der Waals surface area contributed by atoms with Gasteiger partial charge in [-0.25, -0.2) is 4.68 Å². The van der Waals surface area contributed by atoms with Gasteiger partial charge < -0.3 is 0 Å². The molecule has 0 radical (unpaired) electrons. The third-order valence-corrected chi connectivity index (χ3v) is 5.21. The average Bonchev–Trinajstić information content (AvgIpc) is 3.27. The number of tetrazole rings is 1. The predicted octanol–water partition coefficient (Wildman–Crippen LogP) is 2.10. The van der Waals surface area contributed by atoms with Crippen molar-refractivity contribution in [1.82, 2.24) is 39.4 Å². The molecule has 0 N–H and O–H groups in total. The first-order valence-electron chi connectivity index (χ1n) is 8.69. The summed E-state index contributed by atoms with van der Waals surface area (Å²) in [6.07, 6.45) is 0. The zero-order chi connectivity index (χ0) is 19.2. The van der Waals surface area contributed by atoms with E-state index in [1.165, 1.54) is 11.8 Å². The van der Waals surface area contributed by atoms with Gasteiger partial charge in [0.2, 0.25) is 10.9 Å². The number of fused-ring (bicyclic) bond motifs is 3. The fourth-order valence-corrected chi connectivity index (χ4v) is 3.98. The van der Waals surface area contributed by atoms with Gasteiger partial charge in [-0.05, 0) is 50.3 Å². The summed E-state index contributed by atoms with van der Waals surface area (Å²) in [5.41, 5.74) is 0.538. The van der Waals surface area contributed by atoms with E-state index in [-0.39, 0.29) is 11.1 Å². The van der Waals surface area contributed by atoms with E-state index in [1.807, 2.05) is 56.4 Å². The fourth-order valence-electron chi connectivity index (χ4n) is 3.01. The minimum absolute atomic E-state index is 0.0520. The lowest BCUT2D eigenvalue weighted by molar-refractivity contribution is 0.321. The lowest BCUT2D eigenvalue weighted by Crippen LogP contribution is -2.24. The normalized spacial score (nSPS) is 12.3. The Morgan fingerprint density at radius 1 is 1.11 bits per heavy atom. The van der Waals surface area contributed by atoms with E-state index in [0.29, 0.717) is 28.6 Å². The molecule has 9 nitrogen and oxygen atoms in total. The topological polar surface area (TPSA) is 95.8 Å². The molecule has 3 heterocycles. The molecule has 3 aromatic heterocycles. The number of aromatic nitrogens is 8. The molecule has 10 heteroatoms. The second-order valence-corrected chi connectivity index (χ2v) is 8.09. The molecule has 0 amide bonds. The van der Waals surface area contributed by atoms with Crippen LogP contribution in [0.15, 0.2) is 34.2 Å². The Hall–Kier alpha value is -2.75. The highest BCUT2D eigenvalue weighted by Gasteiger charge is 2.21. The molecule has 0 aliphatic heterocycles. The number of para-hydroxylation sites is 1. The molecule has 0 unspecified atom stereocenters. The summed E-state index contributed by atoms with van der Waals surface area (Å²) in [6.45, 7) is 8.60. The van der Waals surface area contributed by atoms with Crippen molar-refractivity contribution < 1.29 is 0 Å². The van der Waals surface area contributed by atoms with Crippen LogP contribution in [0.2, 0.25) is 0 Å². The molecule has 140 valence electrons. The van der Waals surface area contributed by atoms with Crippen molar-refractivity contribution in [3.05, 3.63) is 40.4 Å². The molecule has 0 fully saturated rings. The van der Waals surface area contributed by atoms with E-state index < -0.39 is 0 Å². The van der Waals surface area contributed by atoms with Crippen LogP contribution in [0.4, 0.5) is 0 Å². The van der Waals surface area contributed by atoms with Gasteiger partial charge in [-0.15, -0.1) is 15.3 Å². The molecule has 0 saturated heterocycles. The van der Waals surface area contributed by atoms with E-state index in [0.717, 1.165) is 11.3 Å². The summed E-state index contributed by atoms with van der Waals surface area (Å²) in [7, 11) is 0. The largest absolute Gasteiger partial charge is 0.277 e. The standard InChI is InChI=1S/C17H20N8OS/c1-5-23-14(26)11-8-6-7-9-12(11)24-13(18-19-15(23)24)10-27-16-20-21-22-25(16)17(2,3)4/h6-9H,5,10H2,1-4H3. The summed E-state index contributed by atoms with van der Waals surface area (Å²) in [4.78, 5) is 12.7. The van der Waals surface area contributed by atoms with Crippen molar-refractivity contribution in [2.75, 3.05) is 0 Å². The van der Waals surface area contributed by atoms with E-state index in [9.17, 15) is 4.79 Å². The molecule has 4 aromatic rings. The molecular weight excluding hydrogens is 364 g/mol. The van der Waals surface area contributed by atoms with E-state index >= 15 is 0 Å². The Bertz CT molecular complexity index is 1180. The van der Waals surface area contributed by atoms with Crippen LogP contribution in [0.1, 0.15) is 33.5 Å². The third-order valence-electron chi connectivity index (χ3n) is 4.30. The summed E-state index contributed by atoms with van der Waals surface area (Å²) < 4.78 is 5.38. The summed E-state index contributed by atoms with van der Waals surface area (Å²) in [5, 5.41) is 22.0. The first kappa shape index (κ1) is 17.7. The quantitative estimate of drug-likeness (QED) is 0.497. The van der Waals surface area contributed by atoms with Gasteiger partial charge in [-0.3, -0.25) is 13.8 Å². The highest BCUT2D eigenvalue weighted by molar-refractivity contribution is 7.98. The summed E-state index contributed by atoms with van der Waals surface area (Å²) in [6, 6.07) is 7.53. The minimum Gasteiger partial charge on any atom is -0.277 e. The molecule has 1 aromatic carbocycles. The van der Waals surface area contributed by atoms with Crippen molar-refractivity contribution in [1.29, 1.82) is 0 Å². The number of thioether (sulfide) groups is 1. The number of aryl methyl sites for hydroxylation is 1. The lowest BCUT2D eigenvalue weighted by atomic mass is 10.1. The number of hydrogen-bond acceptors (Lipinski definition) is 7. The zero-order valence-corrected chi connectivity index (χ0v) is 16.4. The van der Waals surface area contributed by atoms with Gasteiger partial charge in [-0.2, -0.15) is 0 Å². The van der Waals surface area contributed by atoms with Crippen LogP contribution in [0.5, 0.6) is 0 Å².